The van der Waals surface area contributed by atoms with Crippen molar-refractivity contribution in [1.82, 2.24) is 0 Å². The van der Waals surface area contributed by atoms with Crippen molar-refractivity contribution >= 4 is 0 Å². The molecule has 1 fully saturated rings. The van der Waals surface area contributed by atoms with E-state index in [4.69, 9.17) is 0 Å². The maximum Gasteiger partial charge on any atom is -0.0252 e. The minimum Gasteiger partial charge on any atom is -0.0648 e. The van der Waals surface area contributed by atoms with E-state index < -0.39 is 0 Å². The van der Waals surface area contributed by atoms with Gasteiger partial charge >= 0.3 is 0 Å². The molecule has 0 aromatic rings. The van der Waals surface area contributed by atoms with Crippen LogP contribution in [0.25, 0.3) is 0 Å². The molecule has 0 bridgehead atoms. The smallest absolute Gasteiger partial charge is 0.0252 e. The topological polar surface area (TPSA) is 0 Å². The Hall–Kier alpha value is 0. The number of hydrogen-bond acceptors (Lipinski definition) is 0. The van der Waals surface area contributed by atoms with Gasteiger partial charge in [0.05, 0.1) is 0 Å². The molecule has 0 radical (unpaired) electrons. The van der Waals surface area contributed by atoms with Crippen molar-refractivity contribution in [2.45, 2.75) is 53.9 Å². The second kappa shape index (κ2) is 2.50. The fourth-order valence-corrected chi connectivity index (χ4v) is 2.68. The summed E-state index contributed by atoms with van der Waals surface area (Å²) >= 11 is 0. The molecule has 0 heterocycles. The van der Waals surface area contributed by atoms with E-state index >= 15 is 0 Å². The molecule has 0 amide bonds. The molecule has 0 spiro atoms. The van der Waals surface area contributed by atoms with E-state index in [1.165, 1.54) is 19.3 Å². The predicted octanol–water partition coefficient (Wildman–Crippen LogP) is 3.86. The zero-order valence-electron chi connectivity index (χ0n) is 8.70. The van der Waals surface area contributed by atoms with Crippen LogP contribution >= 0.6 is 0 Å². The molecule has 0 aromatic carbocycles. The molecule has 1 aliphatic rings. The largest absolute Gasteiger partial charge is 0.0648 e. The Morgan fingerprint density at radius 1 is 1.27 bits per heavy atom. The first kappa shape index (κ1) is 9.09. The molecule has 0 aliphatic heterocycles. The monoisotopic (exact) mass is 154 g/mol. The first-order valence-corrected chi connectivity index (χ1v) is 4.94. The molecule has 1 aliphatic carbocycles. The van der Waals surface area contributed by atoms with Crippen molar-refractivity contribution in [2.24, 2.45) is 16.7 Å². The molecule has 2 unspecified atom stereocenters. The Morgan fingerprint density at radius 2 is 1.82 bits per heavy atom. The first-order chi connectivity index (χ1) is 4.94. The van der Waals surface area contributed by atoms with E-state index in [1.807, 2.05) is 0 Å². The molecule has 0 N–H and O–H groups in total. The quantitative estimate of drug-likeness (QED) is 0.538. The molecule has 0 saturated heterocycles. The van der Waals surface area contributed by atoms with Crippen molar-refractivity contribution in [3.63, 3.8) is 0 Å². The van der Waals surface area contributed by atoms with Crippen LogP contribution in [0.3, 0.4) is 0 Å². The van der Waals surface area contributed by atoms with Crippen LogP contribution in [0.1, 0.15) is 53.9 Å². The van der Waals surface area contributed by atoms with Crippen LogP contribution in [0.15, 0.2) is 0 Å². The van der Waals surface area contributed by atoms with E-state index in [9.17, 15) is 0 Å². The van der Waals surface area contributed by atoms with Crippen LogP contribution in [0.2, 0.25) is 0 Å². The van der Waals surface area contributed by atoms with Gasteiger partial charge in [-0.25, -0.2) is 0 Å². The van der Waals surface area contributed by atoms with Crippen molar-refractivity contribution in [3.8, 4) is 0 Å². The van der Waals surface area contributed by atoms with Gasteiger partial charge in [-0.3, -0.25) is 0 Å². The van der Waals surface area contributed by atoms with Gasteiger partial charge in [0.2, 0.25) is 0 Å². The third-order valence-electron chi connectivity index (χ3n) is 4.57. The van der Waals surface area contributed by atoms with Crippen LogP contribution in [0, 0.1) is 16.7 Å². The maximum absolute atomic E-state index is 2.46. The standard InChI is InChI=1S/C11H22/c1-6-11(5)9(2)7-8-10(11,3)4/h9H,6-8H2,1-5H3. The first-order valence-electron chi connectivity index (χ1n) is 4.94. The molecule has 1 rings (SSSR count). The van der Waals surface area contributed by atoms with Crippen LogP contribution in [0.4, 0.5) is 0 Å². The van der Waals surface area contributed by atoms with E-state index in [-0.39, 0.29) is 0 Å². The van der Waals surface area contributed by atoms with Crippen LogP contribution in [-0.2, 0) is 0 Å². The fraction of sp³-hybridized carbons (Fsp3) is 1.00. The van der Waals surface area contributed by atoms with Crippen molar-refractivity contribution in [3.05, 3.63) is 0 Å². The molecular weight excluding hydrogens is 132 g/mol. The normalized spacial score (nSPS) is 42.8. The summed E-state index contributed by atoms with van der Waals surface area (Å²) in [4.78, 5) is 0. The summed E-state index contributed by atoms with van der Waals surface area (Å²) in [7, 11) is 0. The summed E-state index contributed by atoms with van der Waals surface area (Å²) in [6, 6.07) is 0. The average molecular weight is 154 g/mol. The lowest BCUT2D eigenvalue weighted by Crippen LogP contribution is -2.32. The van der Waals surface area contributed by atoms with Gasteiger partial charge in [0.15, 0.2) is 0 Å². The Bertz CT molecular complexity index is 146. The van der Waals surface area contributed by atoms with E-state index in [1.54, 1.807) is 0 Å². The lowest BCUT2D eigenvalue weighted by Gasteiger charge is -2.41. The van der Waals surface area contributed by atoms with E-state index in [0.717, 1.165) is 5.92 Å². The average Bonchev–Trinajstić information content (AvgIpc) is 2.15. The Labute approximate surface area is 71.4 Å². The van der Waals surface area contributed by atoms with Crippen molar-refractivity contribution in [2.75, 3.05) is 0 Å². The molecule has 1 saturated carbocycles. The Balaban J connectivity index is 2.88. The van der Waals surface area contributed by atoms with Gasteiger partial charge in [-0.2, -0.15) is 0 Å². The highest BCUT2D eigenvalue weighted by molar-refractivity contribution is 4.97. The van der Waals surface area contributed by atoms with Crippen LogP contribution < -0.4 is 0 Å². The summed E-state index contributed by atoms with van der Waals surface area (Å²) in [6.07, 6.45) is 4.18. The molecular formula is C11H22. The van der Waals surface area contributed by atoms with Gasteiger partial charge in [-0.1, -0.05) is 34.6 Å². The van der Waals surface area contributed by atoms with Crippen molar-refractivity contribution in [1.29, 1.82) is 0 Å². The van der Waals surface area contributed by atoms with E-state index in [0.29, 0.717) is 10.8 Å². The molecule has 0 heteroatoms. The molecule has 0 aromatic heterocycles. The Morgan fingerprint density at radius 3 is 2.00 bits per heavy atom. The fourth-order valence-electron chi connectivity index (χ4n) is 2.68. The zero-order valence-corrected chi connectivity index (χ0v) is 8.70. The molecule has 11 heavy (non-hydrogen) atoms. The molecule has 66 valence electrons. The van der Waals surface area contributed by atoms with Crippen molar-refractivity contribution < 1.29 is 0 Å². The van der Waals surface area contributed by atoms with Gasteiger partial charge in [-0.15, -0.1) is 0 Å². The predicted molar refractivity (Wildman–Crippen MR) is 50.6 cm³/mol. The highest BCUT2D eigenvalue weighted by Gasteiger charge is 2.48. The Kier molecular flexibility index (Phi) is 2.07. The summed E-state index contributed by atoms with van der Waals surface area (Å²) < 4.78 is 0. The zero-order chi connectivity index (χ0) is 8.70. The summed E-state index contributed by atoms with van der Waals surface area (Å²) in [5, 5.41) is 0. The summed E-state index contributed by atoms with van der Waals surface area (Å²) in [6.45, 7) is 12.1. The van der Waals surface area contributed by atoms with E-state index in [2.05, 4.69) is 34.6 Å². The highest BCUT2D eigenvalue weighted by atomic mass is 14.5. The van der Waals surface area contributed by atoms with Gasteiger partial charge in [0.1, 0.15) is 0 Å². The third-order valence-corrected chi connectivity index (χ3v) is 4.57. The maximum atomic E-state index is 2.46. The van der Waals surface area contributed by atoms with Gasteiger partial charge < -0.3 is 0 Å². The van der Waals surface area contributed by atoms with Gasteiger partial charge in [0, 0.05) is 0 Å². The SMILES string of the molecule is CCC1(C)C(C)CCC1(C)C. The number of hydrogen-bond donors (Lipinski definition) is 0. The second-order valence-electron chi connectivity index (χ2n) is 5.09. The minimum atomic E-state index is 0.571. The second-order valence-corrected chi connectivity index (χ2v) is 5.09. The lowest BCUT2D eigenvalue weighted by molar-refractivity contribution is 0.0864. The molecule has 0 nitrogen and oxygen atoms in total. The lowest BCUT2D eigenvalue weighted by atomic mass is 9.64. The highest BCUT2D eigenvalue weighted by Crippen LogP contribution is 2.57. The van der Waals surface area contributed by atoms with Gasteiger partial charge in [0.25, 0.3) is 0 Å². The summed E-state index contributed by atoms with van der Waals surface area (Å²) in [5.41, 5.74) is 1.16. The van der Waals surface area contributed by atoms with Gasteiger partial charge in [-0.05, 0) is 36.0 Å². The third kappa shape index (κ3) is 1.11. The number of rotatable bonds is 1. The summed E-state index contributed by atoms with van der Waals surface area (Å²) in [5.74, 6) is 0.919. The van der Waals surface area contributed by atoms with Crippen LogP contribution in [-0.4, -0.2) is 0 Å². The molecule has 2 atom stereocenters. The minimum absolute atomic E-state index is 0.571. The van der Waals surface area contributed by atoms with Crippen LogP contribution in [0.5, 0.6) is 0 Å².